The Hall–Kier alpha value is -2.40. The number of hydrogen-bond donors (Lipinski definition) is 0. The summed E-state index contributed by atoms with van der Waals surface area (Å²) in [6.07, 6.45) is 2.09. The van der Waals surface area contributed by atoms with Crippen molar-refractivity contribution < 1.29 is 9.59 Å². The lowest BCUT2D eigenvalue weighted by molar-refractivity contribution is -0.120. The van der Waals surface area contributed by atoms with Crippen molar-refractivity contribution >= 4 is 39.0 Å². The normalized spacial score (nSPS) is 17.4. The van der Waals surface area contributed by atoms with Gasteiger partial charge < -0.3 is 4.90 Å². The molecule has 2 aliphatic heterocycles. The second-order valence-electron chi connectivity index (χ2n) is 7.16. The molecule has 0 atom stereocenters. The van der Waals surface area contributed by atoms with Gasteiger partial charge in [0, 0.05) is 17.6 Å². The minimum Gasteiger partial charge on any atom is -0.366 e. The zero-order chi connectivity index (χ0) is 19.1. The maximum absolute atomic E-state index is 13.4. The standard InChI is InChI=1S/C22H21BrN2O2/c1-14-5-10-18(15(2)13-14)19-20(24-11-3-4-12-24)22(27)25(21(19)26)17-8-6-16(23)7-9-17/h5-10,13H,3-4,11-12H2,1-2H3. The molecule has 0 saturated carbocycles. The number of benzene rings is 2. The third kappa shape index (κ3) is 3.10. The van der Waals surface area contributed by atoms with Crippen LogP contribution in [0.25, 0.3) is 5.57 Å². The molecule has 2 aromatic rings. The van der Waals surface area contributed by atoms with Gasteiger partial charge in [0.1, 0.15) is 5.70 Å². The zero-order valence-electron chi connectivity index (χ0n) is 15.5. The van der Waals surface area contributed by atoms with E-state index >= 15 is 0 Å². The molecule has 0 unspecified atom stereocenters. The summed E-state index contributed by atoms with van der Waals surface area (Å²) in [7, 11) is 0. The van der Waals surface area contributed by atoms with E-state index in [0.29, 0.717) is 17.0 Å². The molecule has 2 aliphatic rings. The quantitative estimate of drug-likeness (QED) is 0.683. The van der Waals surface area contributed by atoms with Crippen molar-refractivity contribution in [2.45, 2.75) is 26.7 Å². The van der Waals surface area contributed by atoms with Crippen LogP contribution in [0.1, 0.15) is 29.5 Å². The highest BCUT2D eigenvalue weighted by Gasteiger charge is 2.43. The largest absolute Gasteiger partial charge is 0.366 e. The Morgan fingerprint density at radius 3 is 2.19 bits per heavy atom. The molecule has 0 spiro atoms. The van der Waals surface area contributed by atoms with E-state index in [1.807, 2.05) is 38.1 Å². The van der Waals surface area contributed by atoms with Crippen LogP contribution in [0.15, 0.2) is 52.6 Å². The highest BCUT2D eigenvalue weighted by molar-refractivity contribution is 9.10. The maximum Gasteiger partial charge on any atom is 0.282 e. The summed E-state index contributed by atoms with van der Waals surface area (Å²) >= 11 is 3.41. The van der Waals surface area contributed by atoms with Gasteiger partial charge in [-0.15, -0.1) is 0 Å². The van der Waals surface area contributed by atoms with Crippen LogP contribution in [-0.2, 0) is 9.59 Å². The SMILES string of the molecule is Cc1ccc(C2=C(N3CCCC3)C(=O)N(c3ccc(Br)cc3)C2=O)c(C)c1. The van der Waals surface area contributed by atoms with Gasteiger partial charge in [-0.1, -0.05) is 39.7 Å². The Balaban J connectivity index is 1.86. The minimum absolute atomic E-state index is 0.223. The van der Waals surface area contributed by atoms with Crippen LogP contribution in [0.2, 0.25) is 0 Å². The zero-order valence-corrected chi connectivity index (χ0v) is 17.0. The van der Waals surface area contributed by atoms with Crippen LogP contribution in [0.5, 0.6) is 0 Å². The molecule has 4 rings (SSSR count). The van der Waals surface area contributed by atoms with E-state index in [2.05, 4.69) is 26.9 Å². The average Bonchev–Trinajstić information content (AvgIpc) is 3.23. The molecular weight excluding hydrogens is 404 g/mol. The summed E-state index contributed by atoms with van der Waals surface area (Å²) in [5, 5.41) is 0. The lowest BCUT2D eigenvalue weighted by atomic mass is 9.97. The third-order valence-corrected chi connectivity index (χ3v) is 5.75. The first-order chi connectivity index (χ1) is 13.0. The molecule has 2 aromatic carbocycles. The lowest BCUT2D eigenvalue weighted by Gasteiger charge is -2.20. The van der Waals surface area contributed by atoms with Crippen molar-refractivity contribution in [3.05, 3.63) is 69.3 Å². The van der Waals surface area contributed by atoms with Gasteiger partial charge in [-0.2, -0.15) is 0 Å². The summed E-state index contributed by atoms with van der Waals surface area (Å²) in [5.41, 5.74) is 4.68. The minimum atomic E-state index is -0.240. The van der Waals surface area contributed by atoms with Crippen molar-refractivity contribution in [2.75, 3.05) is 18.0 Å². The van der Waals surface area contributed by atoms with E-state index in [9.17, 15) is 9.59 Å². The lowest BCUT2D eigenvalue weighted by Crippen LogP contribution is -2.34. The first-order valence-corrected chi connectivity index (χ1v) is 9.98. The molecule has 0 N–H and O–H groups in total. The van der Waals surface area contributed by atoms with Gasteiger partial charge in [0.15, 0.2) is 0 Å². The fraction of sp³-hybridized carbons (Fsp3) is 0.273. The Kier molecular flexibility index (Phi) is 4.64. The molecule has 4 nitrogen and oxygen atoms in total. The first-order valence-electron chi connectivity index (χ1n) is 9.18. The highest BCUT2D eigenvalue weighted by Crippen LogP contribution is 2.37. The molecule has 138 valence electrons. The Labute approximate surface area is 167 Å². The predicted octanol–water partition coefficient (Wildman–Crippen LogP) is 4.45. The van der Waals surface area contributed by atoms with Crippen molar-refractivity contribution in [2.24, 2.45) is 0 Å². The third-order valence-electron chi connectivity index (χ3n) is 5.22. The van der Waals surface area contributed by atoms with E-state index in [0.717, 1.165) is 47.1 Å². The molecule has 2 heterocycles. The van der Waals surface area contributed by atoms with Gasteiger partial charge >= 0.3 is 0 Å². The number of likely N-dealkylation sites (tertiary alicyclic amines) is 1. The number of rotatable bonds is 3. The molecule has 0 aromatic heterocycles. The van der Waals surface area contributed by atoms with Gasteiger partial charge in [-0.05, 0) is 62.1 Å². The summed E-state index contributed by atoms with van der Waals surface area (Å²) in [4.78, 5) is 30.2. The van der Waals surface area contributed by atoms with Crippen molar-refractivity contribution in [1.29, 1.82) is 0 Å². The van der Waals surface area contributed by atoms with Crippen LogP contribution < -0.4 is 4.90 Å². The Morgan fingerprint density at radius 1 is 0.889 bits per heavy atom. The molecule has 1 fully saturated rings. The van der Waals surface area contributed by atoms with Crippen molar-refractivity contribution in [3.63, 3.8) is 0 Å². The molecule has 2 amide bonds. The molecule has 0 aliphatic carbocycles. The fourth-order valence-corrected chi connectivity index (χ4v) is 4.18. The van der Waals surface area contributed by atoms with Crippen LogP contribution in [0.3, 0.4) is 0 Å². The van der Waals surface area contributed by atoms with Gasteiger partial charge in [-0.3, -0.25) is 9.59 Å². The number of carbonyl (C=O) groups is 2. The second-order valence-corrected chi connectivity index (χ2v) is 8.07. The molecule has 5 heteroatoms. The fourth-order valence-electron chi connectivity index (χ4n) is 3.91. The topological polar surface area (TPSA) is 40.6 Å². The van der Waals surface area contributed by atoms with Gasteiger partial charge in [-0.25, -0.2) is 4.90 Å². The highest BCUT2D eigenvalue weighted by atomic mass is 79.9. The number of anilines is 1. The van der Waals surface area contributed by atoms with Gasteiger partial charge in [0.2, 0.25) is 0 Å². The second kappa shape index (κ2) is 6.97. The van der Waals surface area contributed by atoms with E-state index in [4.69, 9.17) is 0 Å². The number of imide groups is 1. The van der Waals surface area contributed by atoms with Crippen LogP contribution in [-0.4, -0.2) is 29.8 Å². The number of nitrogens with zero attached hydrogens (tertiary/aromatic N) is 2. The summed E-state index contributed by atoms with van der Waals surface area (Å²) < 4.78 is 0.910. The number of halogens is 1. The van der Waals surface area contributed by atoms with Crippen LogP contribution in [0.4, 0.5) is 5.69 Å². The predicted molar refractivity (Wildman–Crippen MR) is 110 cm³/mol. The van der Waals surface area contributed by atoms with Gasteiger partial charge in [0.25, 0.3) is 11.8 Å². The molecule has 27 heavy (non-hydrogen) atoms. The number of amides is 2. The maximum atomic E-state index is 13.4. The van der Waals surface area contributed by atoms with E-state index in [1.165, 1.54) is 4.90 Å². The molecule has 0 radical (unpaired) electrons. The number of carbonyl (C=O) groups excluding carboxylic acids is 2. The first kappa shape index (κ1) is 18.0. The summed E-state index contributed by atoms with van der Waals surface area (Å²) in [6.45, 7) is 5.66. The van der Waals surface area contributed by atoms with E-state index < -0.39 is 0 Å². The summed E-state index contributed by atoms with van der Waals surface area (Å²) in [5.74, 6) is -0.463. The number of hydrogen-bond acceptors (Lipinski definition) is 3. The summed E-state index contributed by atoms with van der Waals surface area (Å²) in [6, 6.07) is 13.3. The van der Waals surface area contributed by atoms with Crippen LogP contribution >= 0.6 is 15.9 Å². The van der Waals surface area contributed by atoms with E-state index in [1.54, 1.807) is 12.1 Å². The van der Waals surface area contributed by atoms with Crippen molar-refractivity contribution in [3.8, 4) is 0 Å². The monoisotopic (exact) mass is 424 g/mol. The Morgan fingerprint density at radius 2 is 1.56 bits per heavy atom. The molecule has 0 bridgehead atoms. The average molecular weight is 425 g/mol. The molecule has 1 saturated heterocycles. The Bertz CT molecular complexity index is 957. The number of aryl methyl sites for hydroxylation is 2. The van der Waals surface area contributed by atoms with E-state index in [-0.39, 0.29) is 11.8 Å². The van der Waals surface area contributed by atoms with Crippen LogP contribution in [0, 0.1) is 13.8 Å². The smallest absolute Gasteiger partial charge is 0.282 e. The van der Waals surface area contributed by atoms with Gasteiger partial charge in [0.05, 0.1) is 11.3 Å². The molecular formula is C22H21BrN2O2. The van der Waals surface area contributed by atoms with Crippen molar-refractivity contribution in [1.82, 2.24) is 4.90 Å².